The van der Waals surface area contributed by atoms with Crippen molar-refractivity contribution in [2.24, 2.45) is 0 Å². The molecular formula is C10H16ClN3O. The van der Waals surface area contributed by atoms with Gasteiger partial charge in [-0.15, -0.1) is 0 Å². The summed E-state index contributed by atoms with van der Waals surface area (Å²) in [4.78, 5) is 0. The average Bonchev–Trinajstić information content (AvgIpc) is 2.79. The molecule has 1 heterocycles. The number of anilines is 1. The van der Waals surface area contributed by atoms with Crippen molar-refractivity contribution < 1.29 is 4.74 Å². The molecule has 15 heavy (non-hydrogen) atoms. The van der Waals surface area contributed by atoms with Gasteiger partial charge in [0.25, 0.3) is 0 Å². The Bertz CT molecular complexity index is 301. The van der Waals surface area contributed by atoms with Gasteiger partial charge in [0.05, 0.1) is 19.3 Å². The zero-order valence-electron chi connectivity index (χ0n) is 8.66. The molecule has 1 fully saturated rings. The number of aromatic nitrogens is 2. The largest absolute Gasteiger partial charge is 0.381 e. The zero-order chi connectivity index (χ0) is 10.7. The third-order valence-corrected chi connectivity index (χ3v) is 3.01. The van der Waals surface area contributed by atoms with Crippen molar-refractivity contribution in [1.29, 1.82) is 0 Å². The predicted octanol–water partition coefficient (Wildman–Crippen LogP) is 2.08. The van der Waals surface area contributed by atoms with Crippen molar-refractivity contribution in [2.45, 2.75) is 38.3 Å². The summed E-state index contributed by atoms with van der Waals surface area (Å²) in [6.07, 6.45) is 7.17. The standard InChI is InChI=1S/C10H16ClN3O/c11-9-7-14(13-10(9)12)5-6-15-8-3-1-2-4-8/h7-8H,1-6H2,(H2,12,13). The van der Waals surface area contributed by atoms with Crippen LogP contribution in [0.25, 0.3) is 0 Å². The molecule has 0 bridgehead atoms. The molecule has 1 aliphatic carbocycles. The first-order valence-corrected chi connectivity index (χ1v) is 5.73. The predicted molar refractivity (Wildman–Crippen MR) is 59.9 cm³/mol. The summed E-state index contributed by atoms with van der Waals surface area (Å²) in [6.45, 7) is 1.40. The summed E-state index contributed by atoms with van der Waals surface area (Å²) >= 11 is 5.79. The second-order valence-corrected chi connectivity index (χ2v) is 4.31. The molecule has 4 nitrogen and oxygen atoms in total. The van der Waals surface area contributed by atoms with Gasteiger partial charge in [0, 0.05) is 6.20 Å². The van der Waals surface area contributed by atoms with E-state index in [9.17, 15) is 0 Å². The fourth-order valence-corrected chi connectivity index (χ4v) is 2.04. The van der Waals surface area contributed by atoms with E-state index in [-0.39, 0.29) is 0 Å². The van der Waals surface area contributed by atoms with E-state index in [1.54, 1.807) is 10.9 Å². The van der Waals surface area contributed by atoms with Gasteiger partial charge in [-0.2, -0.15) is 5.10 Å². The van der Waals surface area contributed by atoms with Crippen molar-refractivity contribution in [3.8, 4) is 0 Å². The van der Waals surface area contributed by atoms with Crippen LogP contribution in [0, 0.1) is 0 Å². The number of rotatable bonds is 4. The quantitative estimate of drug-likeness (QED) is 0.860. The zero-order valence-corrected chi connectivity index (χ0v) is 9.41. The summed E-state index contributed by atoms with van der Waals surface area (Å²) in [5, 5.41) is 4.57. The number of nitrogens with two attached hydrogens (primary N) is 1. The minimum Gasteiger partial charge on any atom is -0.381 e. The van der Waals surface area contributed by atoms with Gasteiger partial charge < -0.3 is 10.5 Å². The fraction of sp³-hybridized carbons (Fsp3) is 0.700. The van der Waals surface area contributed by atoms with E-state index < -0.39 is 0 Å². The van der Waals surface area contributed by atoms with Crippen molar-refractivity contribution >= 4 is 17.4 Å². The van der Waals surface area contributed by atoms with Crippen LogP contribution in [-0.2, 0) is 11.3 Å². The monoisotopic (exact) mass is 229 g/mol. The topological polar surface area (TPSA) is 53.1 Å². The van der Waals surface area contributed by atoms with Crippen LogP contribution >= 0.6 is 11.6 Å². The number of hydrogen-bond acceptors (Lipinski definition) is 3. The van der Waals surface area contributed by atoms with Crippen LogP contribution in [0.1, 0.15) is 25.7 Å². The van der Waals surface area contributed by atoms with Crippen LogP contribution in [0.15, 0.2) is 6.20 Å². The molecule has 84 valence electrons. The minimum atomic E-state index is 0.387. The highest BCUT2D eigenvalue weighted by Crippen LogP contribution is 2.21. The number of halogens is 1. The Labute approximate surface area is 94.3 Å². The Morgan fingerprint density at radius 3 is 2.87 bits per heavy atom. The maximum Gasteiger partial charge on any atom is 0.164 e. The molecular weight excluding hydrogens is 214 g/mol. The van der Waals surface area contributed by atoms with Crippen molar-refractivity contribution in [2.75, 3.05) is 12.3 Å². The molecule has 5 heteroatoms. The van der Waals surface area contributed by atoms with Crippen molar-refractivity contribution in [3.63, 3.8) is 0 Å². The number of nitrogen functional groups attached to an aromatic ring is 1. The van der Waals surface area contributed by atoms with Crippen molar-refractivity contribution in [3.05, 3.63) is 11.2 Å². The van der Waals surface area contributed by atoms with Gasteiger partial charge in [-0.1, -0.05) is 24.4 Å². The molecule has 2 N–H and O–H groups in total. The van der Waals surface area contributed by atoms with E-state index in [1.807, 2.05) is 0 Å². The smallest absolute Gasteiger partial charge is 0.164 e. The van der Waals surface area contributed by atoms with Crippen LogP contribution in [-0.4, -0.2) is 22.5 Å². The Morgan fingerprint density at radius 1 is 1.53 bits per heavy atom. The third-order valence-electron chi connectivity index (χ3n) is 2.72. The van der Waals surface area contributed by atoms with E-state index in [1.165, 1.54) is 25.7 Å². The van der Waals surface area contributed by atoms with Gasteiger partial charge in [-0.3, -0.25) is 4.68 Å². The molecule has 0 saturated heterocycles. The maximum absolute atomic E-state index is 5.79. The molecule has 2 rings (SSSR count). The number of hydrogen-bond donors (Lipinski definition) is 1. The summed E-state index contributed by atoms with van der Waals surface area (Å²) in [5.74, 6) is 0.387. The molecule has 0 unspecified atom stereocenters. The molecule has 0 atom stereocenters. The second kappa shape index (κ2) is 4.86. The SMILES string of the molecule is Nc1nn(CCOC2CCCC2)cc1Cl. The number of ether oxygens (including phenoxy) is 1. The lowest BCUT2D eigenvalue weighted by atomic mass is 10.3. The first-order chi connectivity index (χ1) is 7.25. The fourth-order valence-electron chi connectivity index (χ4n) is 1.89. The Morgan fingerprint density at radius 2 is 2.27 bits per heavy atom. The van der Waals surface area contributed by atoms with Gasteiger partial charge in [-0.05, 0) is 12.8 Å². The van der Waals surface area contributed by atoms with E-state index in [0.29, 0.717) is 30.1 Å². The second-order valence-electron chi connectivity index (χ2n) is 3.90. The third kappa shape index (κ3) is 2.86. The molecule has 1 aromatic rings. The summed E-state index contributed by atoms with van der Waals surface area (Å²) in [5.41, 5.74) is 5.53. The summed E-state index contributed by atoms with van der Waals surface area (Å²) in [6, 6.07) is 0. The molecule has 1 saturated carbocycles. The summed E-state index contributed by atoms with van der Waals surface area (Å²) in [7, 11) is 0. The lowest BCUT2D eigenvalue weighted by Gasteiger charge is -2.10. The molecule has 0 spiro atoms. The minimum absolute atomic E-state index is 0.387. The van der Waals surface area contributed by atoms with Gasteiger partial charge in [-0.25, -0.2) is 0 Å². The molecule has 0 aliphatic heterocycles. The normalized spacial score (nSPS) is 17.4. The van der Waals surface area contributed by atoms with Gasteiger partial charge >= 0.3 is 0 Å². The lowest BCUT2D eigenvalue weighted by Crippen LogP contribution is -2.13. The summed E-state index contributed by atoms with van der Waals surface area (Å²) < 4.78 is 7.44. The van der Waals surface area contributed by atoms with E-state index >= 15 is 0 Å². The Kier molecular flexibility index (Phi) is 3.49. The van der Waals surface area contributed by atoms with Crippen LogP contribution in [0.3, 0.4) is 0 Å². The highest BCUT2D eigenvalue weighted by molar-refractivity contribution is 6.32. The van der Waals surface area contributed by atoms with Crippen LogP contribution in [0.5, 0.6) is 0 Å². The first kappa shape index (κ1) is 10.8. The molecule has 0 aromatic carbocycles. The van der Waals surface area contributed by atoms with Gasteiger partial charge in [0.1, 0.15) is 5.02 Å². The van der Waals surface area contributed by atoms with E-state index in [4.69, 9.17) is 22.1 Å². The maximum atomic E-state index is 5.79. The van der Waals surface area contributed by atoms with E-state index in [0.717, 1.165) is 0 Å². The van der Waals surface area contributed by atoms with Crippen LogP contribution in [0.4, 0.5) is 5.82 Å². The Balaban J connectivity index is 1.73. The first-order valence-electron chi connectivity index (χ1n) is 5.36. The molecule has 0 radical (unpaired) electrons. The van der Waals surface area contributed by atoms with Crippen LogP contribution in [0.2, 0.25) is 5.02 Å². The van der Waals surface area contributed by atoms with Gasteiger partial charge in [0.2, 0.25) is 0 Å². The van der Waals surface area contributed by atoms with Crippen molar-refractivity contribution in [1.82, 2.24) is 9.78 Å². The Hall–Kier alpha value is -0.740. The lowest BCUT2D eigenvalue weighted by molar-refractivity contribution is 0.0515. The molecule has 1 aliphatic rings. The molecule has 1 aromatic heterocycles. The highest BCUT2D eigenvalue weighted by atomic mass is 35.5. The van der Waals surface area contributed by atoms with Gasteiger partial charge in [0.15, 0.2) is 5.82 Å². The van der Waals surface area contributed by atoms with Crippen LogP contribution < -0.4 is 5.73 Å². The molecule has 0 amide bonds. The van der Waals surface area contributed by atoms with E-state index in [2.05, 4.69) is 5.10 Å². The highest BCUT2D eigenvalue weighted by Gasteiger charge is 2.14. The number of nitrogens with zero attached hydrogens (tertiary/aromatic N) is 2. The average molecular weight is 230 g/mol.